The summed E-state index contributed by atoms with van der Waals surface area (Å²) in [5, 5.41) is 10.8. The number of likely N-dealkylation sites (N-methyl/N-ethyl adjacent to an activating group) is 1. The van der Waals surface area contributed by atoms with Gasteiger partial charge in [-0.25, -0.2) is 4.99 Å². The van der Waals surface area contributed by atoms with E-state index in [4.69, 9.17) is 44.9 Å². The predicted molar refractivity (Wildman–Crippen MR) is 126 cm³/mol. The van der Waals surface area contributed by atoms with Gasteiger partial charge in [-0.2, -0.15) is 0 Å². The smallest absolute Gasteiger partial charge is 0.272 e. The number of carbonyl (C=O) groups excluding carboxylic acids is 1. The van der Waals surface area contributed by atoms with Gasteiger partial charge in [0.15, 0.2) is 5.11 Å². The minimum Gasteiger partial charge on any atom is -0.338 e. The van der Waals surface area contributed by atoms with Crippen molar-refractivity contribution in [1.82, 2.24) is 10.5 Å². The number of nitrogens with one attached hydrogen (secondary N) is 2. The van der Waals surface area contributed by atoms with Crippen LogP contribution in [0.3, 0.4) is 0 Å². The lowest BCUT2D eigenvalue weighted by atomic mass is 10.00. The first-order valence-corrected chi connectivity index (χ1v) is 10.4. The van der Waals surface area contributed by atoms with Gasteiger partial charge in [0, 0.05) is 34.3 Å². The van der Waals surface area contributed by atoms with E-state index in [1.54, 1.807) is 44.3 Å². The quantitative estimate of drug-likeness (QED) is 0.547. The van der Waals surface area contributed by atoms with E-state index >= 15 is 0 Å². The van der Waals surface area contributed by atoms with Crippen molar-refractivity contribution in [2.24, 2.45) is 4.99 Å². The molecule has 1 aromatic heterocycles. The number of aromatic nitrogens is 1. The van der Waals surface area contributed by atoms with Crippen LogP contribution in [0.5, 0.6) is 0 Å². The van der Waals surface area contributed by atoms with Gasteiger partial charge >= 0.3 is 0 Å². The largest absolute Gasteiger partial charge is 0.338 e. The molecule has 1 atom stereocenters. The molecule has 0 fully saturated rings. The molecule has 3 aromatic rings. The van der Waals surface area contributed by atoms with E-state index in [2.05, 4.69) is 15.8 Å². The highest BCUT2D eigenvalue weighted by Gasteiger charge is 2.31. The van der Waals surface area contributed by atoms with Gasteiger partial charge in [-0.3, -0.25) is 4.79 Å². The summed E-state index contributed by atoms with van der Waals surface area (Å²) in [6.07, 6.45) is -1.01. The average molecular weight is 474 g/mol. The number of amides is 1. The Morgan fingerprint density at radius 3 is 2.65 bits per heavy atom. The van der Waals surface area contributed by atoms with E-state index in [1.165, 1.54) is 4.90 Å². The summed E-state index contributed by atoms with van der Waals surface area (Å²) < 4.78 is 5.11. The number of thiocarbonyl (C=S) groups is 1. The molecule has 158 valence electrons. The van der Waals surface area contributed by atoms with Crippen molar-refractivity contribution in [3.8, 4) is 0 Å². The monoisotopic (exact) mass is 473 g/mol. The normalized spacial score (nSPS) is 15.7. The number of rotatable bonds is 3. The Bertz CT molecular complexity index is 1210. The number of benzene rings is 2. The van der Waals surface area contributed by atoms with Crippen molar-refractivity contribution >= 4 is 63.7 Å². The molecule has 4 rings (SSSR count). The van der Waals surface area contributed by atoms with E-state index < -0.39 is 6.17 Å². The van der Waals surface area contributed by atoms with Crippen LogP contribution in [0, 0.1) is 6.92 Å². The van der Waals surface area contributed by atoms with Gasteiger partial charge in [0.1, 0.15) is 0 Å². The number of halogens is 2. The highest BCUT2D eigenvalue weighted by Crippen LogP contribution is 2.31. The second-order valence-electron chi connectivity index (χ2n) is 6.85. The maximum absolute atomic E-state index is 13.2. The first-order chi connectivity index (χ1) is 14.8. The van der Waals surface area contributed by atoms with Crippen LogP contribution in [0.1, 0.15) is 16.8 Å². The van der Waals surface area contributed by atoms with Gasteiger partial charge in [0.05, 0.1) is 17.1 Å². The molecule has 0 radical (unpaired) electrons. The number of aryl methyl sites for hydroxylation is 1. The molecule has 0 saturated heterocycles. The molecule has 31 heavy (non-hydrogen) atoms. The number of hydrogen-bond acceptors (Lipinski definition) is 5. The van der Waals surface area contributed by atoms with Crippen molar-refractivity contribution < 1.29 is 9.32 Å². The number of hydrogen-bond donors (Lipinski definition) is 2. The molecule has 1 aliphatic rings. The summed E-state index contributed by atoms with van der Waals surface area (Å²) in [5.74, 6) is 0.0540. The third kappa shape index (κ3) is 4.41. The molecule has 1 unspecified atom stereocenters. The van der Waals surface area contributed by atoms with E-state index in [-0.39, 0.29) is 11.0 Å². The zero-order valence-electron chi connectivity index (χ0n) is 16.5. The van der Waals surface area contributed by atoms with Crippen LogP contribution in [-0.2, 0) is 4.79 Å². The number of benzodiazepines with no additional fused rings is 1. The Morgan fingerprint density at radius 2 is 1.94 bits per heavy atom. The third-order valence-corrected chi connectivity index (χ3v) is 5.44. The van der Waals surface area contributed by atoms with Crippen molar-refractivity contribution in [1.29, 1.82) is 0 Å². The first kappa shape index (κ1) is 21.3. The molecular weight excluding hydrogens is 457 g/mol. The zero-order valence-corrected chi connectivity index (χ0v) is 18.8. The van der Waals surface area contributed by atoms with Crippen LogP contribution >= 0.6 is 35.4 Å². The number of carbonyl (C=O) groups is 1. The first-order valence-electron chi connectivity index (χ1n) is 9.24. The van der Waals surface area contributed by atoms with Gasteiger partial charge in [-0.1, -0.05) is 46.6 Å². The molecular formula is C21H17Cl2N5O2S. The SMILES string of the molecule is Cc1cc(NC(=S)NC2N=C(c3ccccc3Cl)c3cc(Cl)ccc3N(C)C2=O)on1. The highest BCUT2D eigenvalue weighted by molar-refractivity contribution is 7.80. The lowest BCUT2D eigenvalue weighted by molar-refractivity contribution is -0.119. The molecule has 1 aliphatic heterocycles. The van der Waals surface area contributed by atoms with Gasteiger partial charge in [0.2, 0.25) is 12.0 Å². The van der Waals surface area contributed by atoms with Crippen molar-refractivity contribution in [3.63, 3.8) is 0 Å². The lowest BCUT2D eigenvalue weighted by Crippen LogP contribution is -2.47. The van der Waals surface area contributed by atoms with Gasteiger partial charge in [-0.05, 0) is 43.4 Å². The molecule has 2 heterocycles. The van der Waals surface area contributed by atoms with Crippen LogP contribution in [0.15, 0.2) is 58.0 Å². The molecule has 0 bridgehead atoms. The Labute approximate surface area is 194 Å². The maximum atomic E-state index is 13.2. The summed E-state index contributed by atoms with van der Waals surface area (Å²) >= 11 is 18.1. The summed E-state index contributed by atoms with van der Waals surface area (Å²) in [6.45, 7) is 1.79. The van der Waals surface area contributed by atoms with Crippen molar-refractivity contribution in [2.75, 3.05) is 17.3 Å². The van der Waals surface area contributed by atoms with Gasteiger partial charge in [0.25, 0.3) is 5.91 Å². The number of nitrogens with zero attached hydrogens (tertiary/aromatic N) is 3. The Kier molecular flexibility index (Phi) is 5.95. The standard InChI is InChI=1S/C21H17Cl2N5O2S/c1-11-9-17(30-27-11)24-21(31)26-19-20(29)28(2)16-8-7-12(22)10-14(16)18(25-19)13-5-3-4-6-15(13)23/h3-10,19H,1-2H3,(H2,24,26,31). The molecule has 2 aromatic carbocycles. The second-order valence-corrected chi connectivity index (χ2v) is 8.10. The Hall–Kier alpha value is -2.94. The van der Waals surface area contributed by atoms with E-state index in [9.17, 15) is 4.79 Å². The van der Waals surface area contributed by atoms with Gasteiger partial charge in [-0.15, -0.1) is 0 Å². The third-order valence-electron chi connectivity index (χ3n) is 4.66. The second kappa shape index (κ2) is 8.66. The van der Waals surface area contributed by atoms with Crippen LogP contribution in [0.25, 0.3) is 0 Å². The fraction of sp³-hybridized carbons (Fsp3) is 0.143. The molecule has 1 amide bonds. The highest BCUT2D eigenvalue weighted by atomic mass is 35.5. The Morgan fingerprint density at radius 1 is 1.16 bits per heavy atom. The van der Waals surface area contributed by atoms with Crippen LogP contribution in [-0.4, -0.2) is 35.1 Å². The van der Waals surface area contributed by atoms with Crippen LogP contribution < -0.4 is 15.5 Å². The summed E-state index contributed by atoms with van der Waals surface area (Å²) in [4.78, 5) is 19.4. The molecule has 0 saturated carbocycles. The predicted octanol–water partition coefficient (Wildman–Crippen LogP) is 4.42. The zero-order chi connectivity index (χ0) is 22.1. The summed E-state index contributed by atoms with van der Waals surface area (Å²) in [6, 6.07) is 14.2. The molecule has 7 nitrogen and oxygen atoms in total. The minimum atomic E-state index is -1.01. The van der Waals surface area contributed by atoms with Crippen molar-refractivity contribution in [2.45, 2.75) is 13.1 Å². The molecule has 10 heteroatoms. The minimum absolute atomic E-state index is 0.161. The molecule has 0 spiro atoms. The average Bonchev–Trinajstić information content (AvgIpc) is 3.11. The van der Waals surface area contributed by atoms with E-state index in [0.717, 1.165) is 0 Å². The molecule has 2 N–H and O–H groups in total. The van der Waals surface area contributed by atoms with Crippen molar-refractivity contribution in [3.05, 3.63) is 75.4 Å². The fourth-order valence-corrected chi connectivity index (χ4v) is 3.81. The summed E-state index contributed by atoms with van der Waals surface area (Å²) in [5.41, 5.74) is 3.23. The maximum Gasteiger partial charge on any atom is 0.272 e. The van der Waals surface area contributed by atoms with E-state index in [0.29, 0.717) is 44.1 Å². The van der Waals surface area contributed by atoms with Gasteiger partial charge < -0.3 is 20.1 Å². The summed E-state index contributed by atoms with van der Waals surface area (Å²) in [7, 11) is 1.67. The molecule has 0 aliphatic carbocycles. The van der Waals surface area contributed by atoms with Crippen LogP contribution in [0.2, 0.25) is 10.0 Å². The topological polar surface area (TPSA) is 82.8 Å². The van der Waals surface area contributed by atoms with Crippen LogP contribution in [0.4, 0.5) is 11.6 Å². The van der Waals surface area contributed by atoms with E-state index in [1.807, 2.05) is 18.2 Å². The fourth-order valence-electron chi connectivity index (χ4n) is 3.20. The Balaban J connectivity index is 1.76. The number of anilines is 2. The lowest BCUT2D eigenvalue weighted by Gasteiger charge is -2.21. The number of aliphatic imine (C=N–C) groups is 1. The number of fused-ring (bicyclic) bond motifs is 1.